The largest absolute Gasteiger partial charge is 0.389 e. The Balaban J connectivity index is 2.45. The Morgan fingerprint density at radius 1 is 1.73 bits per heavy atom. The fourth-order valence-electron chi connectivity index (χ4n) is 1.08. The van der Waals surface area contributed by atoms with Crippen molar-refractivity contribution in [2.45, 2.75) is 23.5 Å². The zero-order chi connectivity index (χ0) is 8.43. The second kappa shape index (κ2) is 3.80. The zero-order valence-electron chi connectivity index (χ0n) is 6.30. The molecule has 0 aromatic carbocycles. The van der Waals surface area contributed by atoms with Gasteiger partial charge in [0.2, 0.25) is 0 Å². The third-order valence-electron chi connectivity index (χ3n) is 1.73. The van der Waals surface area contributed by atoms with Crippen LogP contribution in [0, 0.1) is 0 Å². The molecule has 0 aromatic heterocycles. The summed E-state index contributed by atoms with van der Waals surface area (Å²) in [6.45, 7) is 0.353. The normalized spacial score (nSPS) is 44.6. The van der Waals surface area contributed by atoms with E-state index in [2.05, 4.69) is 12.6 Å². The lowest BCUT2D eigenvalue weighted by Crippen LogP contribution is -2.30. The van der Waals surface area contributed by atoms with Crippen LogP contribution in [0.1, 0.15) is 0 Å². The lowest BCUT2D eigenvalue weighted by atomic mass is 9.95. The molecule has 0 spiro atoms. The van der Waals surface area contributed by atoms with Gasteiger partial charge in [0.15, 0.2) is 0 Å². The summed E-state index contributed by atoms with van der Waals surface area (Å²) in [6.07, 6.45) is -0.967. The molecule has 0 bridgehead atoms. The Morgan fingerprint density at radius 2 is 2.36 bits per heavy atom. The van der Waals surface area contributed by atoms with E-state index in [0.29, 0.717) is 6.61 Å². The Labute approximate surface area is 72.9 Å². The maximum atomic E-state index is 9.40. The molecule has 1 aliphatic rings. The summed E-state index contributed by atoms with van der Waals surface area (Å²) in [5.41, 5.74) is 0. The van der Waals surface area contributed by atoms with Gasteiger partial charge in [-0.1, -0.05) is 0 Å². The van der Waals surface area contributed by atoms with Crippen LogP contribution in [0.2, 0.25) is 0 Å². The minimum absolute atomic E-state index is 0.310. The number of aliphatic hydroxyl groups is 1. The van der Waals surface area contributed by atoms with Crippen molar-refractivity contribution in [3.05, 3.63) is 0 Å². The van der Waals surface area contributed by atoms with E-state index < -0.39 is 12.1 Å². The molecule has 1 N–H and O–H groups in total. The van der Waals surface area contributed by atoms with Crippen molar-refractivity contribution in [1.82, 2.24) is 0 Å². The summed E-state index contributed by atoms with van der Waals surface area (Å²) in [4.78, 5) is 0. The predicted molar refractivity (Wildman–Crippen MR) is 45.1 cm³/mol. The standard InChI is InChI=1S/C6H11BO3S/c1-9-2-3-4(8)5(11)6(7)10-3/h3-6,8,11H,2H2,1H3/t3-,4?,5+,6-/m1/s1. The van der Waals surface area contributed by atoms with Crippen molar-refractivity contribution in [2.24, 2.45) is 0 Å². The first-order chi connectivity index (χ1) is 5.16. The first-order valence-corrected chi connectivity index (χ1v) is 3.94. The van der Waals surface area contributed by atoms with Crippen LogP contribution in [-0.2, 0) is 9.47 Å². The van der Waals surface area contributed by atoms with Crippen molar-refractivity contribution in [2.75, 3.05) is 13.7 Å². The number of hydrogen-bond donors (Lipinski definition) is 2. The molecule has 5 heteroatoms. The minimum atomic E-state index is -0.631. The molecule has 0 saturated carbocycles. The van der Waals surface area contributed by atoms with Gasteiger partial charge in [0.25, 0.3) is 0 Å². The van der Waals surface area contributed by atoms with Gasteiger partial charge in [-0.3, -0.25) is 0 Å². The number of rotatable bonds is 2. The number of ether oxygens (including phenoxy) is 2. The van der Waals surface area contributed by atoms with E-state index in [0.717, 1.165) is 0 Å². The number of methoxy groups -OCH3 is 1. The lowest BCUT2D eigenvalue weighted by Gasteiger charge is -2.13. The van der Waals surface area contributed by atoms with Crippen LogP contribution in [0.4, 0.5) is 0 Å². The van der Waals surface area contributed by atoms with Gasteiger partial charge in [0, 0.05) is 18.4 Å². The van der Waals surface area contributed by atoms with E-state index in [1.54, 1.807) is 7.11 Å². The SMILES string of the molecule is [B][C@@H]1O[C@H](COC)C(O)[C@@H]1S. The molecule has 1 rings (SSSR count). The van der Waals surface area contributed by atoms with E-state index in [1.165, 1.54) is 0 Å². The lowest BCUT2D eigenvalue weighted by molar-refractivity contribution is -0.0173. The molecule has 1 saturated heterocycles. The second-order valence-electron chi connectivity index (χ2n) is 2.58. The first kappa shape index (κ1) is 9.38. The van der Waals surface area contributed by atoms with Gasteiger partial charge in [-0.2, -0.15) is 12.6 Å². The summed E-state index contributed by atoms with van der Waals surface area (Å²) in [7, 11) is 7.02. The summed E-state index contributed by atoms with van der Waals surface area (Å²) in [5, 5.41) is 9.09. The highest BCUT2D eigenvalue weighted by Crippen LogP contribution is 2.23. The highest BCUT2D eigenvalue weighted by molar-refractivity contribution is 7.81. The van der Waals surface area contributed by atoms with Crippen LogP contribution in [0.5, 0.6) is 0 Å². The Hall–Kier alpha value is 0.295. The van der Waals surface area contributed by atoms with E-state index >= 15 is 0 Å². The van der Waals surface area contributed by atoms with Crippen LogP contribution in [0.3, 0.4) is 0 Å². The molecule has 1 aliphatic heterocycles. The van der Waals surface area contributed by atoms with Gasteiger partial charge in [0.1, 0.15) is 14.0 Å². The highest BCUT2D eigenvalue weighted by atomic mass is 32.1. The third kappa shape index (κ3) is 1.90. The van der Waals surface area contributed by atoms with Crippen molar-refractivity contribution in [3.63, 3.8) is 0 Å². The van der Waals surface area contributed by atoms with Gasteiger partial charge in [-0.25, -0.2) is 0 Å². The molecular weight excluding hydrogens is 163 g/mol. The van der Waals surface area contributed by atoms with Gasteiger partial charge in [-0.05, 0) is 0 Å². The quantitative estimate of drug-likeness (QED) is 0.424. The van der Waals surface area contributed by atoms with Crippen molar-refractivity contribution in [1.29, 1.82) is 0 Å². The molecule has 62 valence electrons. The van der Waals surface area contributed by atoms with E-state index in [1.807, 2.05) is 0 Å². The average Bonchev–Trinajstić information content (AvgIpc) is 2.19. The molecule has 3 nitrogen and oxygen atoms in total. The molecule has 1 unspecified atom stereocenters. The van der Waals surface area contributed by atoms with Crippen molar-refractivity contribution < 1.29 is 14.6 Å². The van der Waals surface area contributed by atoms with E-state index in [-0.39, 0.29) is 11.4 Å². The fraction of sp³-hybridized carbons (Fsp3) is 1.00. The summed E-state index contributed by atoms with van der Waals surface area (Å²) in [5.74, 6) is 0. The molecular formula is C6H11BO3S. The van der Waals surface area contributed by atoms with E-state index in [4.69, 9.17) is 17.3 Å². The fourth-order valence-corrected chi connectivity index (χ4v) is 1.34. The monoisotopic (exact) mass is 174 g/mol. The molecule has 2 radical (unpaired) electrons. The van der Waals surface area contributed by atoms with Crippen LogP contribution >= 0.6 is 12.6 Å². The van der Waals surface area contributed by atoms with E-state index in [9.17, 15) is 5.11 Å². The first-order valence-electron chi connectivity index (χ1n) is 3.43. The van der Waals surface area contributed by atoms with Crippen LogP contribution in [0.25, 0.3) is 0 Å². The van der Waals surface area contributed by atoms with Crippen LogP contribution in [-0.4, -0.2) is 50.1 Å². The maximum absolute atomic E-state index is 9.40. The van der Waals surface area contributed by atoms with Gasteiger partial charge < -0.3 is 14.6 Å². The second-order valence-corrected chi connectivity index (χ2v) is 3.17. The topological polar surface area (TPSA) is 38.7 Å². The molecule has 1 heterocycles. The number of aliphatic hydroxyl groups excluding tert-OH is 1. The van der Waals surface area contributed by atoms with Crippen molar-refractivity contribution >= 4 is 20.5 Å². The van der Waals surface area contributed by atoms with Gasteiger partial charge in [0.05, 0.1) is 12.7 Å². The minimum Gasteiger partial charge on any atom is -0.389 e. The van der Waals surface area contributed by atoms with Crippen molar-refractivity contribution in [3.8, 4) is 0 Å². The molecule has 0 amide bonds. The molecule has 0 aliphatic carbocycles. The average molecular weight is 174 g/mol. The Kier molecular flexibility index (Phi) is 3.24. The predicted octanol–water partition coefficient (Wildman–Crippen LogP) is -0.815. The molecule has 11 heavy (non-hydrogen) atoms. The number of hydrogen-bond acceptors (Lipinski definition) is 4. The summed E-state index contributed by atoms with van der Waals surface area (Å²) in [6, 6.07) is -0.492. The van der Waals surface area contributed by atoms with Crippen LogP contribution in [0.15, 0.2) is 0 Å². The molecule has 0 aromatic rings. The van der Waals surface area contributed by atoms with Gasteiger partial charge in [-0.15, -0.1) is 0 Å². The molecule has 1 fully saturated rings. The highest BCUT2D eigenvalue weighted by Gasteiger charge is 2.38. The van der Waals surface area contributed by atoms with Crippen LogP contribution < -0.4 is 0 Å². The zero-order valence-corrected chi connectivity index (χ0v) is 7.20. The smallest absolute Gasteiger partial charge is 0.110 e. The Bertz CT molecular complexity index is 135. The third-order valence-corrected chi connectivity index (χ3v) is 2.33. The Morgan fingerprint density at radius 3 is 2.73 bits per heavy atom. The van der Waals surface area contributed by atoms with Gasteiger partial charge >= 0.3 is 0 Å². The maximum Gasteiger partial charge on any atom is 0.110 e. The molecule has 4 atom stereocenters. The number of thiol groups is 1. The summed E-state index contributed by atoms with van der Waals surface area (Å²) >= 11 is 4.08. The summed E-state index contributed by atoms with van der Waals surface area (Å²) < 4.78 is 9.97.